The van der Waals surface area contributed by atoms with Crippen LogP contribution in [0.5, 0.6) is 0 Å². The number of carbonyl (C=O) groups excluding carboxylic acids is 1. The summed E-state index contributed by atoms with van der Waals surface area (Å²) in [6.07, 6.45) is 0.717. The molecule has 2 N–H and O–H groups in total. The Labute approximate surface area is 119 Å². The average Bonchev–Trinajstić information content (AvgIpc) is 2.47. The van der Waals surface area contributed by atoms with Crippen LogP contribution in [0.15, 0.2) is 30.3 Å². The second-order valence-electron chi connectivity index (χ2n) is 4.57. The lowest BCUT2D eigenvalue weighted by Crippen LogP contribution is -2.40. The van der Waals surface area contributed by atoms with Crippen molar-refractivity contribution in [3.8, 4) is 0 Å². The summed E-state index contributed by atoms with van der Waals surface area (Å²) in [5.41, 5.74) is 0.984. The number of rotatable bonds is 2. The topological polar surface area (TPSA) is 70.0 Å². The number of aliphatic hydroxyl groups excluding tert-OH is 2. The van der Waals surface area contributed by atoms with Crippen molar-refractivity contribution in [3.05, 3.63) is 35.9 Å². The summed E-state index contributed by atoms with van der Waals surface area (Å²) >= 11 is 0. The zero-order valence-corrected chi connectivity index (χ0v) is 11.9. The van der Waals surface area contributed by atoms with E-state index >= 15 is 0 Å². The largest absolute Gasteiger partial charge is 0.445 e. The van der Waals surface area contributed by atoms with Gasteiger partial charge in [0.25, 0.3) is 0 Å². The van der Waals surface area contributed by atoms with Crippen LogP contribution in [0.2, 0.25) is 0 Å². The van der Waals surface area contributed by atoms with Gasteiger partial charge in [-0.2, -0.15) is 0 Å². The second kappa shape index (κ2) is 9.34. The molecule has 2 rings (SSSR count). The molecule has 5 heteroatoms. The number of likely N-dealkylation sites (tertiary alicyclic amines) is 1. The van der Waals surface area contributed by atoms with E-state index in [-0.39, 0.29) is 18.8 Å². The molecule has 0 unspecified atom stereocenters. The fourth-order valence-electron chi connectivity index (χ4n) is 1.86. The van der Waals surface area contributed by atoms with Crippen molar-refractivity contribution in [1.29, 1.82) is 0 Å². The number of nitrogens with zero attached hydrogens (tertiary/aromatic N) is 1. The molecule has 112 valence electrons. The van der Waals surface area contributed by atoms with Crippen LogP contribution in [-0.4, -0.2) is 47.0 Å². The monoisotopic (exact) mass is 281 g/mol. The maximum absolute atomic E-state index is 11.7. The standard InChI is InChI=1S/C13H17NO3.C2H6O/c15-12-6-8-14(9-7-12)13(16)17-10-11-4-2-1-3-5-11;1-2-3/h1-5,12,15H,6-10H2;3H,2H2,1H3. The molecule has 0 atom stereocenters. The van der Waals surface area contributed by atoms with E-state index in [0.29, 0.717) is 32.5 Å². The Kier molecular flexibility index (Phi) is 7.69. The van der Waals surface area contributed by atoms with E-state index in [9.17, 15) is 9.90 Å². The van der Waals surface area contributed by atoms with Crippen molar-refractivity contribution in [2.24, 2.45) is 0 Å². The van der Waals surface area contributed by atoms with Gasteiger partial charge in [-0.15, -0.1) is 0 Å². The summed E-state index contributed by atoms with van der Waals surface area (Å²) in [4.78, 5) is 13.3. The van der Waals surface area contributed by atoms with Crippen LogP contribution < -0.4 is 0 Å². The highest BCUT2D eigenvalue weighted by molar-refractivity contribution is 5.67. The predicted octanol–water partition coefficient (Wildman–Crippen LogP) is 1.78. The van der Waals surface area contributed by atoms with E-state index in [1.54, 1.807) is 11.8 Å². The minimum absolute atomic E-state index is 0.250. The lowest BCUT2D eigenvalue weighted by molar-refractivity contribution is 0.0560. The van der Waals surface area contributed by atoms with Gasteiger partial charge in [0.2, 0.25) is 0 Å². The molecular formula is C15H23NO4. The second-order valence-corrected chi connectivity index (χ2v) is 4.57. The summed E-state index contributed by atoms with van der Waals surface area (Å²) in [6.45, 7) is 3.39. The van der Waals surface area contributed by atoms with Gasteiger partial charge in [0.15, 0.2) is 0 Å². The zero-order valence-electron chi connectivity index (χ0n) is 11.9. The molecule has 1 aromatic rings. The fourth-order valence-corrected chi connectivity index (χ4v) is 1.86. The molecular weight excluding hydrogens is 258 g/mol. The first-order valence-corrected chi connectivity index (χ1v) is 6.92. The Balaban J connectivity index is 0.000000612. The zero-order chi connectivity index (χ0) is 14.8. The molecule has 0 saturated carbocycles. The molecule has 0 spiro atoms. The molecule has 1 amide bonds. The van der Waals surface area contributed by atoms with Gasteiger partial charge in [0, 0.05) is 19.7 Å². The van der Waals surface area contributed by atoms with Gasteiger partial charge in [-0.05, 0) is 25.3 Å². The van der Waals surface area contributed by atoms with Crippen LogP contribution in [-0.2, 0) is 11.3 Å². The fraction of sp³-hybridized carbons (Fsp3) is 0.533. The number of ether oxygens (including phenoxy) is 1. The number of piperidine rings is 1. The number of hydrogen-bond acceptors (Lipinski definition) is 4. The Hall–Kier alpha value is -1.59. The van der Waals surface area contributed by atoms with E-state index < -0.39 is 0 Å². The lowest BCUT2D eigenvalue weighted by Gasteiger charge is -2.28. The third-order valence-electron chi connectivity index (χ3n) is 2.93. The average molecular weight is 281 g/mol. The van der Waals surface area contributed by atoms with Crippen molar-refractivity contribution in [1.82, 2.24) is 4.90 Å². The van der Waals surface area contributed by atoms with Crippen molar-refractivity contribution in [2.45, 2.75) is 32.5 Å². The minimum Gasteiger partial charge on any atom is -0.445 e. The van der Waals surface area contributed by atoms with Gasteiger partial charge in [0.1, 0.15) is 6.61 Å². The van der Waals surface area contributed by atoms with E-state index in [1.807, 2.05) is 30.3 Å². The highest BCUT2D eigenvalue weighted by Gasteiger charge is 2.22. The van der Waals surface area contributed by atoms with E-state index in [0.717, 1.165) is 5.56 Å². The van der Waals surface area contributed by atoms with Gasteiger partial charge < -0.3 is 19.8 Å². The number of benzene rings is 1. The first-order valence-electron chi connectivity index (χ1n) is 6.92. The Bertz CT molecular complexity index is 375. The van der Waals surface area contributed by atoms with E-state index in [2.05, 4.69) is 0 Å². The quantitative estimate of drug-likeness (QED) is 0.867. The van der Waals surface area contributed by atoms with Gasteiger partial charge in [0.05, 0.1) is 6.10 Å². The summed E-state index contributed by atoms with van der Waals surface area (Å²) in [6, 6.07) is 9.61. The smallest absolute Gasteiger partial charge is 0.410 e. The minimum atomic E-state index is -0.291. The van der Waals surface area contributed by atoms with Crippen molar-refractivity contribution in [2.75, 3.05) is 19.7 Å². The Morgan fingerprint density at radius 2 is 1.85 bits per heavy atom. The van der Waals surface area contributed by atoms with Crippen LogP contribution in [0.25, 0.3) is 0 Å². The predicted molar refractivity (Wildman–Crippen MR) is 76.2 cm³/mol. The maximum Gasteiger partial charge on any atom is 0.410 e. The molecule has 20 heavy (non-hydrogen) atoms. The summed E-state index contributed by atoms with van der Waals surface area (Å²) in [7, 11) is 0. The van der Waals surface area contributed by atoms with Gasteiger partial charge in [-0.1, -0.05) is 30.3 Å². The summed E-state index contributed by atoms with van der Waals surface area (Å²) in [5, 5.41) is 16.9. The molecule has 5 nitrogen and oxygen atoms in total. The van der Waals surface area contributed by atoms with Crippen LogP contribution in [0, 0.1) is 0 Å². The lowest BCUT2D eigenvalue weighted by atomic mass is 10.1. The third-order valence-corrected chi connectivity index (χ3v) is 2.93. The molecule has 1 fully saturated rings. The summed E-state index contributed by atoms with van der Waals surface area (Å²) < 4.78 is 5.21. The highest BCUT2D eigenvalue weighted by atomic mass is 16.6. The molecule has 0 aromatic heterocycles. The first-order chi connectivity index (χ1) is 9.67. The van der Waals surface area contributed by atoms with Crippen molar-refractivity contribution < 1.29 is 19.7 Å². The number of carbonyl (C=O) groups is 1. The number of hydrogen-bond donors (Lipinski definition) is 2. The summed E-state index contributed by atoms with van der Waals surface area (Å²) in [5.74, 6) is 0. The Morgan fingerprint density at radius 1 is 1.30 bits per heavy atom. The number of aliphatic hydroxyl groups is 2. The van der Waals surface area contributed by atoms with Gasteiger partial charge >= 0.3 is 6.09 Å². The molecule has 1 aliphatic heterocycles. The number of amides is 1. The van der Waals surface area contributed by atoms with Crippen LogP contribution in [0.3, 0.4) is 0 Å². The van der Waals surface area contributed by atoms with Crippen LogP contribution in [0.1, 0.15) is 25.3 Å². The molecule has 0 aliphatic carbocycles. The first kappa shape index (κ1) is 16.5. The molecule has 1 aliphatic rings. The van der Waals surface area contributed by atoms with Crippen LogP contribution >= 0.6 is 0 Å². The van der Waals surface area contributed by atoms with Gasteiger partial charge in [-0.25, -0.2) is 4.79 Å². The molecule has 0 radical (unpaired) electrons. The Morgan fingerprint density at radius 3 is 2.40 bits per heavy atom. The molecule has 1 saturated heterocycles. The molecule has 0 bridgehead atoms. The van der Waals surface area contributed by atoms with Crippen molar-refractivity contribution >= 4 is 6.09 Å². The normalized spacial score (nSPS) is 15.2. The highest BCUT2D eigenvalue weighted by Crippen LogP contribution is 2.11. The van der Waals surface area contributed by atoms with Crippen LogP contribution in [0.4, 0.5) is 4.79 Å². The molecule has 1 aromatic carbocycles. The third kappa shape index (κ3) is 6.04. The van der Waals surface area contributed by atoms with E-state index in [4.69, 9.17) is 9.84 Å². The van der Waals surface area contributed by atoms with E-state index in [1.165, 1.54) is 0 Å². The SMILES string of the molecule is CCO.O=C(OCc1ccccc1)N1CCC(O)CC1. The maximum atomic E-state index is 11.7. The van der Waals surface area contributed by atoms with Crippen molar-refractivity contribution in [3.63, 3.8) is 0 Å². The van der Waals surface area contributed by atoms with Gasteiger partial charge in [-0.3, -0.25) is 0 Å². The molecule has 1 heterocycles.